The van der Waals surface area contributed by atoms with Gasteiger partial charge in [0.15, 0.2) is 0 Å². The molecule has 0 spiro atoms. The zero-order valence-corrected chi connectivity index (χ0v) is 15.7. The molecule has 126 valence electrons. The van der Waals surface area contributed by atoms with Crippen LogP contribution in [0.15, 0.2) is 28.1 Å². The van der Waals surface area contributed by atoms with Crippen molar-refractivity contribution in [3.63, 3.8) is 0 Å². The van der Waals surface area contributed by atoms with Gasteiger partial charge in [0.2, 0.25) is 0 Å². The summed E-state index contributed by atoms with van der Waals surface area (Å²) in [5, 5.41) is 10.9. The summed E-state index contributed by atoms with van der Waals surface area (Å²) in [6, 6.07) is 6.63. The van der Waals surface area contributed by atoms with Crippen LogP contribution in [0.2, 0.25) is 0 Å². The Morgan fingerprint density at radius 1 is 1.17 bits per heavy atom. The molecule has 2 aromatic rings. The van der Waals surface area contributed by atoms with Crippen LogP contribution in [0.5, 0.6) is 0 Å². The van der Waals surface area contributed by atoms with Crippen LogP contribution in [0.4, 0.5) is 0 Å². The van der Waals surface area contributed by atoms with Crippen LogP contribution in [0, 0.1) is 13.8 Å². The van der Waals surface area contributed by atoms with Gasteiger partial charge in [-0.2, -0.15) is 0 Å². The van der Waals surface area contributed by atoms with Gasteiger partial charge in [-0.3, -0.25) is 0 Å². The quantitative estimate of drug-likeness (QED) is 0.769. The standard InChI is InChI=1S/C19H28N2OS/c1-6-7-8-21-17(12-22)20-18(13(2)3)19(21)23-16-10-14(4)9-15(5)11-16/h9-11,13,22H,6-8,12H2,1-5H3. The van der Waals surface area contributed by atoms with Crippen LogP contribution in [-0.2, 0) is 13.2 Å². The van der Waals surface area contributed by atoms with Gasteiger partial charge < -0.3 is 9.67 Å². The molecule has 3 nitrogen and oxygen atoms in total. The summed E-state index contributed by atoms with van der Waals surface area (Å²) in [6.07, 6.45) is 2.23. The van der Waals surface area contributed by atoms with Crippen molar-refractivity contribution < 1.29 is 5.11 Å². The van der Waals surface area contributed by atoms with Gasteiger partial charge in [0.05, 0.1) is 5.69 Å². The Labute approximate surface area is 144 Å². The molecular formula is C19H28N2OS. The third kappa shape index (κ3) is 4.39. The van der Waals surface area contributed by atoms with Gasteiger partial charge in [-0.1, -0.05) is 45.0 Å². The number of aromatic nitrogens is 2. The number of unbranched alkanes of at least 4 members (excludes halogenated alkanes) is 1. The Balaban J connectivity index is 2.46. The SMILES string of the molecule is CCCCn1c(CO)nc(C(C)C)c1Sc1cc(C)cc(C)c1. The van der Waals surface area contributed by atoms with E-state index in [1.807, 2.05) is 0 Å². The van der Waals surface area contributed by atoms with Crippen LogP contribution >= 0.6 is 11.8 Å². The fourth-order valence-electron chi connectivity index (χ4n) is 2.76. The zero-order valence-electron chi connectivity index (χ0n) is 14.9. The first-order valence-corrected chi connectivity index (χ1v) is 9.24. The summed E-state index contributed by atoms with van der Waals surface area (Å²) in [5.74, 6) is 1.13. The topological polar surface area (TPSA) is 38.0 Å². The van der Waals surface area contributed by atoms with E-state index in [1.54, 1.807) is 11.8 Å². The van der Waals surface area contributed by atoms with E-state index in [0.717, 1.165) is 30.9 Å². The van der Waals surface area contributed by atoms with Gasteiger partial charge in [-0.25, -0.2) is 4.98 Å². The lowest BCUT2D eigenvalue weighted by molar-refractivity contribution is 0.263. The van der Waals surface area contributed by atoms with E-state index in [1.165, 1.54) is 21.0 Å². The Kier molecular flexibility index (Phi) is 6.31. The first kappa shape index (κ1) is 18.1. The molecule has 0 aliphatic heterocycles. The molecular weight excluding hydrogens is 304 g/mol. The van der Waals surface area contributed by atoms with Crippen molar-refractivity contribution in [2.24, 2.45) is 0 Å². The van der Waals surface area contributed by atoms with Crippen LogP contribution in [0.25, 0.3) is 0 Å². The smallest absolute Gasteiger partial charge is 0.135 e. The normalized spacial score (nSPS) is 11.4. The molecule has 0 fully saturated rings. The molecule has 0 amide bonds. The van der Waals surface area contributed by atoms with Gasteiger partial charge in [0.1, 0.15) is 17.5 Å². The fourth-order valence-corrected chi connectivity index (χ4v) is 4.16. The predicted octanol–water partition coefficient (Wildman–Crippen LogP) is 5.07. The van der Waals surface area contributed by atoms with E-state index >= 15 is 0 Å². The second kappa shape index (κ2) is 8.02. The van der Waals surface area contributed by atoms with Crippen molar-refractivity contribution in [3.05, 3.63) is 40.8 Å². The molecule has 0 atom stereocenters. The van der Waals surface area contributed by atoms with E-state index in [0.29, 0.717) is 5.92 Å². The maximum Gasteiger partial charge on any atom is 0.135 e. The van der Waals surface area contributed by atoms with Crippen molar-refractivity contribution in [2.45, 2.75) is 76.5 Å². The molecule has 1 N–H and O–H groups in total. The summed E-state index contributed by atoms with van der Waals surface area (Å²) in [5.41, 5.74) is 3.65. The third-order valence-electron chi connectivity index (χ3n) is 3.86. The molecule has 4 heteroatoms. The Morgan fingerprint density at radius 2 is 1.83 bits per heavy atom. The van der Waals surface area contributed by atoms with Crippen LogP contribution in [0.1, 0.15) is 62.2 Å². The second-order valence-electron chi connectivity index (χ2n) is 6.46. The summed E-state index contributed by atoms with van der Waals surface area (Å²) in [7, 11) is 0. The fraction of sp³-hybridized carbons (Fsp3) is 0.526. The molecule has 0 aliphatic rings. The Bertz CT molecular complexity index is 641. The molecule has 1 heterocycles. The Morgan fingerprint density at radius 3 is 2.35 bits per heavy atom. The lowest BCUT2D eigenvalue weighted by Crippen LogP contribution is -2.05. The second-order valence-corrected chi connectivity index (χ2v) is 7.52. The van der Waals surface area contributed by atoms with Gasteiger partial charge in [0.25, 0.3) is 0 Å². The lowest BCUT2D eigenvalue weighted by Gasteiger charge is -2.13. The number of hydrogen-bond donors (Lipinski definition) is 1. The summed E-state index contributed by atoms with van der Waals surface area (Å²) in [4.78, 5) is 5.96. The number of aliphatic hydroxyl groups is 1. The van der Waals surface area contributed by atoms with E-state index in [2.05, 4.69) is 57.4 Å². The zero-order chi connectivity index (χ0) is 17.0. The first-order chi connectivity index (χ1) is 11.0. The number of aliphatic hydroxyl groups excluding tert-OH is 1. The van der Waals surface area contributed by atoms with Crippen molar-refractivity contribution in [1.82, 2.24) is 9.55 Å². The monoisotopic (exact) mass is 332 g/mol. The maximum absolute atomic E-state index is 9.70. The first-order valence-electron chi connectivity index (χ1n) is 8.42. The summed E-state index contributed by atoms with van der Waals surface area (Å²) in [6.45, 7) is 11.7. The van der Waals surface area contributed by atoms with Crippen LogP contribution < -0.4 is 0 Å². The predicted molar refractivity (Wildman–Crippen MR) is 97.2 cm³/mol. The van der Waals surface area contributed by atoms with Gasteiger partial charge in [0, 0.05) is 11.4 Å². The molecule has 0 unspecified atom stereocenters. The van der Waals surface area contributed by atoms with Gasteiger partial charge in [-0.05, 0) is 49.4 Å². The van der Waals surface area contributed by atoms with E-state index in [-0.39, 0.29) is 6.61 Å². The number of aryl methyl sites for hydroxylation is 2. The minimum atomic E-state index is -0.00314. The average molecular weight is 333 g/mol. The van der Waals surface area contributed by atoms with Crippen LogP contribution in [-0.4, -0.2) is 14.7 Å². The molecule has 0 saturated heterocycles. The highest BCUT2D eigenvalue weighted by molar-refractivity contribution is 7.99. The molecule has 23 heavy (non-hydrogen) atoms. The third-order valence-corrected chi connectivity index (χ3v) is 4.95. The molecule has 1 aromatic heterocycles. The molecule has 0 bridgehead atoms. The van der Waals surface area contributed by atoms with Crippen LogP contribution in [0.3, 0.4) is 0 Å². The van der Waals surface area contributed by atoms with Crippen molar-refractivity contribution in [2.75, 3.05) is 0 Å². The number of nitrogens with zero attached hydrogens (tertiary/aromatic N) is 2. The van der Waals surface area contributed by atoms with Gasteiger partial charge in [-0.15, -0.1) is 0 Å². The number of hydrogen-bond acceptors (Lipinski definition) is 3. The minimum absolute atomic E-state index is 0.00314. The summed E-state index contributed by atoms with van der Waals surface area (Å²) < 4.78 is 2.21. The molecule has 1 aromatic carbocycles. The van der Waals surface area contributed by atoms with E-state index in [9.17, 15) is 5.11 Å². The molecule has 2 rings (SSSR count). The van der Waals surface area contributed by atoms with E-state index < -0.39 is 0 Å². The highest BCUT2D eigenvalue weighted by Gasteiger charge is 2.20. The lowest BCUT2D eigenvalue weighted by atomic mass is 10.1. The molecule has 0 radical (unpaired) electrons. The number of rotatable bonds is 7. The largest absolute Gasteiger partial charge is 0.388 e. The molecule has 0 saturated carbocycles. The minimum Gasteiger partial charge on any atom is -0.388 e. The maximum atomic E-state index is 9.70. The summed E-state index contributed by atoms with van der Waals surface area (Å²) >= 11 is 1.77. The van der Waals surface area contributed by atoms with E-state index in [4.69, 9.17) is 4.98 Å². The van der Waals surface area contributed by atoms with Crippen molar-refractivity contribution in [3.8, 4) is 0 Å². The van der Waals surface area contributed by atoms with Gasteiger partial charge >= 0.3 is 0 Å². The Hall–Kier alpha value is -1.26. The van der Waals surface area contributed by atoms with Crippen molar-refractivity contribution >= 4 is 11.8 Å². The van der Waals surface area contributed by atoms with Crippen molar-refractivity contribution in [1.29, 1.82) is 0 Å². The highest BCUT2D eigenvalue weighted by Crippen LogP contribution is 2.36. The number of benzene rings is 1. The molecule has 0 aliphatic carbocycles. The number of imidazole rings is 1. The highest BCUT2D eigenvalue weighted by atomic mass is 32.2. The average Bonchev–Trinajstić information content (AvgIpc) is 2.82.